The molecule has 0 spiro atoms. The molecule has 98 valence electrons. The van der Waals surface area contributed by atoms with E-state index in [1.54, 1.807) is 6.07 Å². The smallest absolute Gasteiger partial charge is 0.252 e. The average Bonchev–Trinajstić information content (AvgIpc) is 2.75. The van der Waals surface area contributed by atoms with Crippen LogP contribution in [0.2, 0.25) is 0 Å². The number of nitrogens with one attached hydrogen (secondary N) is 1. The zero-order valence-corrected chi connectivity index (χ0v) is 11.8. The van der Waals surface area contributed by atoms with Crippen molar-refractivity contribution in [3.05, 3.63) is 34.1 Å². The summed E-state index contributed by atoms with van der Waals surface area (Å²) >= 11 is 3.26. The molecule has 1 heterocycles. The van der Waals surface area contributed by atoms with Gasteiger partial charge in [-0.15, -0.1) is 0 Å². The Bertz CT molecular complexity index is 453. The van der Waals surface area contributed by atoms with E-state index in [9.17, 15) is 9.18 Å². The standard InChI is InChI=1S/C13H16BrFN2O/c1-17-5-4-9(8-17)7-16-13(18)11-6-10(15)2-3-12(11)14/h2-3,6,9H,4-5,7-8H2,1H3,(H,16,18). The van der Waals surface area contributed by atoms with Crippen molar-refractivity contribution in [3.63, 3.8) is 0 Å². The van der Waals surface area contributed by atoms with Gasteiger partial charge in [0.15, 0.2) is 0 Å². The van der Waals surface area contributed by atoms with Crippen molar-refractivity contribution in [2.24, 2.45) is 5.92 Å². The van der Waals surface area contributed by atoms with Gasteiger partial charge >= 0.3 is 0 Å². The van der Waals surface area contributed by atoms with Crippen LogP contribution in [0.4, 0.5) is 4.39 Å². The molecule has 0 aromatic heterocycles. The molecule has 1 aliphatic rings. The summed E-state index contributed by atoms with van der Waals surface area (Å²) in [6, 6.07) is 4.13. The fourth-order valence-electron chi connectivity index (χ4n) is 2.20. The first kappa shape index (κ1) is 13.5. The SMILES string of the molecule is CN1CCC(CNC(=O)c2cc(F)ccc2Br)C1. The van der Waals surface area contributed by atoms with Gasteiger partial charge in [0, 0.05) is 17.6 Å². The minimum atomic E-state index is -0.399. The number of likely N-dealkylation sites (tertiary alicyclic amines) is 1. The van der Waals surface area contributed by atoms with Crippen LogP contribution in [0.25, 0.3) is 0 Å². The maximum atomic E-state index is 13.1. The lowest BCUT2D eigenvalue weighted by Gasteiger charge is -2.12. The number of benzene rings is 1. The number of carbonyl (C=O) groups excluding carboxylic acids is 1. The first-order valence-electron chi connectivity index (χ1n) is 5.98. The Morgan fingerprint density at radius 2 is 2.39 bits per heavy atom. The Hall–Kier alpha value is -0.940. The molecule has 1 aromatic carbocycles. The number of hydrogen-bond acceptors (Lipinski definition) is 2. The molecule has 1 amide bonds. The molecular formula is C13H16BrFN2O. The Morgan fingerprint density at radius 1 is 1.61 bits per heavy atom. The van der Waals surface area contributed by atoms with Crippen molar-refractivity contribution < 1.29 is 9.18 Å². The highest BCUT2D eigenvalue weighted by Crippen LogP contribution is 2.18. The molecule has 0 bridgehead atoms. The summed E-state index contributed by atoms with van der Waals surface area (Å²) < 4.78 is 13.7. The summed E-state index contributed by atoms with van der Waals surface area (Å²) in [4.78, 5) is 14.2. The maximum absolute atomic E-state index is 13.1. The number of nitrogens with zero attached hydrogens (tertiary/aromatic N) is 1. The molecule has 2 rings (SSSR count). The summed E-state index contributed by atoms with van der Waals surface area (Å²) in [7, 11) is 2.07. The van der Waals surface area contributed by atoms with Crippen molar-refractivity contribution in [1.29, 1.82) is 0 Å². The molecule has 18 heavy (non-hydrogen) atoms. The molecule has 1 saturated heterocycles. The van der Waals surface area contributed by atoms with Gasteiger partial charge < -0.3 is 10.2 Å². The predicted octanol–water partition coefficient (Wildman–Crippen LogP) is 2.27. The van der Waals surface area contributed by atoms with E-state index in [4.69, 9.17) is 0 Å². The number of rotatable bonds is 3. The van der Waals surface area contributed by atoms with Gasteiger partial charge in [-0.05, 0) is 60.1 Å². The van der Waals surface area contributed by atoms with Gasteiger partial charge in [0.05, 0.1) is 5.56 Å². The van der Waals surface area contributed by atoms with Gasteiger partial charge in [-0.1, -0.05) is 0 Å². The molecule has 1 fully saturated rings. The van der Waals surface area contributed by atoms with Gasteiger partial charge in [0.2, 0.25) is 0 Å². The van der Waals surface area contributed by atoms with Crippen LogP contribution in [0, 0.1) is 11.7 Å². The van der Waals surface area contributed by atoms with Crippen molar-refractivity contribution in [2.75, 3.05) is 26.7 Å². The molecule has 0 saturated carbocycles. The summed E-state index contributed by atoms with van der Waals surface area (Å²) in [5.41, 5.74) is 0.348. The van der Waals surface area contributed by atoms with Crippen LogP contribution in [-0.2, 0) is 0 Å². The molecule has 5 heteroatoms. The Balaban J connectivity index is 1.93. The minimum absolute atomic E-state index is 0.226. The van der Waals surface area contributed by atoms with E-state index in [0.29, 0.717) is 22.5 Å². The van der Waals surface area contributed by atoms with Gasteiger partial charge in [-0.3, -0.25) is 4.79 Å². The average molecular weight is 315 g/mol. The topological polar surface area (TPSA) is 32.3 Å². The third-order valence-electron chi connectivity index (χ3n) is 3.21. The first-order chi connectivity index (χ1) is 8.56. The lowest BCUT2D eigenvalue weighted by Crippen LogP contribution is -2.30. The zero-order valence-electron chi connectivity index (χ0n) is 10.2. The van der Waals surface area contributed by atoms with Crippen LogP contribution in [0.5, 0.6) is 0 Å². The molecule has 1 N–H and O–H groups in total. The summed E-state index contributed by atoms with van der Waals surface area (Å²) in [6.45, 7) is 2.72. The maximum Gasteiger partial charge on any atom is 0.252 e. The van der Waals surface area contributed by atoms with E-state index < -0.39 is 5.82 Å². The Morgan fingerprint density at radius 3 is 3.06 bits per heavy atom. The lowest BCUT2D eigenvalue weighted by atomic mass is 10.1. The van der Waals surface area contributed by atoms with Gasteiger partial charge in [0.1, 0.15) is 5.82 Å². The van der Waals surface area contributed by atoms with Crippen LogP contribution in [-0.4, -0.2) is 37.5 Å². The fourth-order valence-corrected chi connectivity index (χ4v) is 2.62. The number of carbonyl (C=O) groups is 1. The molecule has 0 radical (unpaired) electrons. The quantitative estimate of drug-likeness (QED) is 0.928. The second kappa shape index (κ2) is 5.80. The molecule has 1 unspecified atom stereocenters. The van der Waals surface area contributed by atoms with Crippen LogP contribution >= 0.6 is 15.9 Å². The van der Waals surface area contributed by atoms with E-state index in [1.807, 2.05) is 0 Å². The van der Waals surface area contributed by atoms with Crippen LogP contribution in [0.3, 0.4) is 0 Å². The second-order valence-corrected chi connectivity index (χ2v) is 5.61. The molecule has 1 aliphatic heterocycles. The molecular weight excluding hydrogens is 299 g/mol. The van der Waals surface area contributed by atoms with Gasteiger partial charge in [-0.25, -0.2) is 4.39 Å². The molecule has 3 nitrogen and oxygen atoms in total. The van der Waals surface area contributed by atoms with Crippen LogP contribution < -0.4 is 5.32 Å². The summed E-state index contributed by atoms with van der Waals surface area (Å²) in [5, 5.41) is 2.87. The van der Waals surface area contributed by atoms with E-state index in [-0.39, 0.29) is 5.91 Å². The number of halogens is 2. The van der Waals surface area contributed by atoms with E-state index in [0.717, 1.165) is 19.5 Å². The van der Waals surface area contributed by atoms with Crippen molar-refractivity contribution in [2.45, 2.75) is 6.42 Å². The molecule has 1 atom stereocenters. The number of amides is 1. The first-order valence-corrected chi connectivity index (χ1v) is 6.77. The second-order valence-electron chi connectivity index (χ2n) is 4.75. The molecule has 1 aromatic rings. The fraction of sp³-hybridized carbons (Fsp3) is 0.462. The minimum Gasteiger partial charge on any atom is -0.352 e. The summed E-state index contributed by atoms with van der Waals surface area (Å²) in [6.07, 6.45) is 1.10. The highest BCUT2D eigenvalue weighted by Gasteiger charge is 2.20. The van der Waals surface area contributed by atoms with Crippen LogP contribution in [0.1, 0.15) is 16.8 Å². The van der Waals surface area contributed by atoms with E-state index in [2.05, 4.69) is 33.2 Å². The van der Waals surface area contributed by atoms with E-state index >= 15 is 0 Å². The van der Waals surface area contributed by atoms with Crippen molar-refractivity contribution in [1.82, 2.24) is 10.2 Å². The third-order valence-corrected chi connectivity index (χ3v) is 3.90. The highest BCUT2D eigenvalue weighted by atomic mass is 79.9. The van der Waals surface area contributed by atoms with Crippen LogP contribution in [0.15, 0.2) is 22.7 Å². The normalized spacial score (nSPS) is 20.1. The van der Waals surface area contributed by atoms with Crippen molar-refractivity contribution >= 4 is 21.8 Å². The monoisotopic (exact) mass is 314 g/mol. The zero-order chi connectivity index (χ0) is 13.1. The molecule has 0 aliphatic carbocycles. The van der Waals surface area contributed by atoms with Gasteiger partial charge in [-0.2, -0.15) is 0 Å². The predicted molar refractivity (Wildman–Crippen MR) is 72.0 cm³/mol. The highest BCUT2D eigenvalue weighted by molar-refractivity contribution is 9.10. The third kappa shape index (κ3) is 3.29. The number of hydrogen-bond donors (Lipinski definition) is 1. The van der Waals surface area contributed by atoms with E-state index in [1.165, 1.54) is 12.1 Å². The summed E-state index contributed by atoms with van der Waals surface area (Å²) in [5.74, 6) is -0.133. The largest absolute Gasteiger partial charge is 0.352 e. The Kier molecular flexibility index (Phi) is 4.35. The Labute approximate surface area is 114 Å². The van der Waals surface area contributed by atoms with Crippen molar-refractivity contribution in [3.8, 4) is 0 Å². The lowest BCUT2D eigenvalue weighted by molar-refractivity contribution is 0.0946. The van der Waals surface area contributed by atoms with Gasteiger partial charge in [0.25, 0.3) is 5.91 Å².